The summed E-state index contributed by atoms with van der Waals surface area (Å²) in [6.45, 7) is 8.29. The van der Waals surface area contributed by atoms with Gasteiger partial charge in [0.2, 0.25) is 0 Å². The van der Waals surface area contributed by atoms with Gasteiger partial charge in [0, 0.05) is 12.8 Å². The summed E-state index contributed by atoms with van der Waals surface area (Å²) in [5, 5.41) is 9.22. The van der Waals surface area contributed by atoms with Crippen LogP contribution in [0.25, 0.3) is 0 Å². The van der Waals surface area contributed by atoms with Crippen LogP contribution in [0.5, 0.6) is 0 Å². The number of hydrogen-bond donors (Lipinski definition) is 1. The summed E-state index contributed by atoms with van der Waals surface area (Å²) in [5.74, 6) is -0.815. The number of unbranched alkanes of at least 4 members (excludes halogenated alkanes) is 8. The smallest absolute Gasteiger partial charge is 0.168 e. The molecule has 176 valence electrons. The van der Waals surface area contributed by atoms with Crippen molar-refractivity contribution in [2.24, 2.45) is 0 Å². The van der Waals surface area contributed by atoms with Crippen molar-refractivity contribution in [1.82, 2.24) is 0 Å². The van der Waals surface area contributed by atoms with Gasteiger partial charge >= 0.3 is 0 Å². The van der Waals surface area contributed by atoms with Gasteiger partial charge in [-0.3, -0.25) is 0 Å². The standard InChI is InChI=1S/C25H46O5/c1-4-5-6-12-16-25(27-19-20-28-25)17-13-10-8-7-9-11-14-23-22(15-18-26)21-29-24(2,3)30-23/h15,23,26H,4-14,16-21H2,1-3H3/b22-15+/t23-/m1/s1. The summed E-state index contributed by atoms with van der Waals surface area (Å²) in [6, 6.07) is 0. The lowest BCUT2D eigenvalue weighted by molar-refractivity contribution is -0.253. The molecule has 1 atom stereocenters. The van der Waals surface area contributed by atoms with E-state index in [1.54, 1.807) is 0 Å². The lowest BCUT2D eigenvalue weighted by Crippen LogP contribution is -2.41. The number of ether oxygens (including phenoxy) is 4. The van der Waals surface area contributed by atoms with Crippen molar-refractivity contribution in [3.8, 4) is 0 Å². The summed E-state index contributed by atoms with van der Waals surface area (Å²) in [5.41, 5.74) is 1.08. The molecular weight excluding hydrogens is 380 g/mol. The molecule has 0 unspecified atom stereocenters. The summed E-state index contributed by atoms with van der Waals surface area (Å²) in [6.07, 6.45) is 17.4. The van der Waals surface area contributed by atoms with E-state index in [1.807, 2.05) is 19.9 Å². The van der Waals surface area contributed by atoms with Crippen LogP contribution in [0.3, 0.4) is 0 Å². The van der Waals surface area contributed by atoms with E-state index in [-0.39, 0.29) is 18.5 Å². The molecular formula is C25H46O5. The van der Waals surface area contributed by atoms with E-state index < -0.39 is 5.79 Å². The topological polar surface area (TPSA) is 57.2 Å². The minimum Gasteiger partial charge on any atom is -0.392 e. The average molecular weight is 427 g/mol. The maximum absolute atomic E-state index is 9.22. The Kier molecular flexibility index (Phi) is 11.9. The third-order valence-corrected chi connectivity index (χ3v) is 6.28. The fourth-order valence-corrected chi connectivity index (χ4v) is 4.52. The van der Waals surface area contributed by atoms with Crippen LogP contribution in [0, 0.1) is 0 Å². The van der Waals surface area contributed by atoms with Gasteiger partial charge in [-0.1, -0.05) is 64.4 Å². The van der Waals surface area contributed by atoms with Gasteiger partial charge in [-0.2, -0.15) is 0 Å². The lowest BCUT2D eigenvalue weighted by Gasteiger charge is -2.38. The minimum atomic E-state index is -0.533. The normalized spacial score (nSPS) is 24.5. The Morgan fingerprint density at radius 2 is 1.47 bits per heavy atom. The highest BCUT2D eigenvalue weighted by Crippen LogP contribution is 2.32. The van der Waals surface area contributed by atoms with E-state index in [0.29, 0.717) is 6.61 Å². The highest BCUT2D eigenvalue weighted by atomic mass is 16.7. The molecule has 0 aliphatic carbocycles. The monoisotopic (exact) mass is 426 g/mol. The molecule has 0 bridgehead atoms. The van der Waals surface area contributed by atoms with Crippen molar-refractivity contribution in [3.63, 3.8) is 0 Å². The highest BCUT2D eigenvalue weighted by molar-refractivity contribution is 5.11. The molecule has 0 aromatic rings. The molecule has 2 rings (SSSR count). The molecule has 2 heterocycles. The van der Waals surface area contributed by atoms with E-state index in [1.165, 1.54) is 57.8 Å². The molecule has 1 N–H and O–H groups in total. The first-order valence-electron chi connectivity index (χ1n) is 12.4. The van der Waals surface area contributed by atoms with Gasteiger partial charge in [-0.05, 0) is 38.7 Å². The predicted octanol–water partition coefficient (Wildman–Crippen LogP) is 5.89. The Morgan fingerprint density at radius 1 is 0.867 bits per heavy atom. The van der Waals surface area contributed by atoms with Crippen molar-refractivity contribution < 1.29 is 24.1 Å². The van der Waals surface area contributed by atoms with Crippen LogP contribution in [0.2, 0.25) is 0 Å². The maximum atomic E-state index is 9.22. The zero-order chi connectivity index (χ0) is 21.7. The third-order valence-electron chi connectivity index (χ3n) is 6.28. The molecule has 0 amide bonds. The number of rotatable bonds is 15. The van der Waals surface area contributed by atoms with Gasteiger partial charge in [-0.15, -0.1) is 0 Å². The number of hydrogen-bond acceptors (Lipinski definition) is 5. The summed E-state index contributed by atoms with van der Waals surface area (Å²) < 4.78 is 23.8. The van der Waals surface area contributed by atoms with Crippen molar-refractivity contribution in [2.45, 2.75) is 122 Å². The second kappa shape index (κ2) is 13.8. The molecule has 0 spiro atoms. The van der Waals surface area contributed by atoms with E-state index in [4.69, 9.17) is 18.9 Å². The van der Waals surface area contributed by atoms with E-state index in [2.05, 4.69) is 6.92 Å². The molecule has 2 aliphatic rings. The molecule has 0 saturated carbocycles. The molecule has 0 radical (unpaired) electrons. The number of aliphatic hydroxyl groups is 1. The third kappa shape index (κ3) is 9.35. The molecule has 0 aromatic heterocycles. The van der Waals surface area contributed by atoms with E-state index in [9.17, 15) is 5.11 Å². The lowest BCUT2D eigenvalue weighted by atomic mass is 9.98. The second-order valence-electron chi connectivity index (χ2n) is 9.33. The first kappa shape index (κ1) is 25.8. The Hall–Kier alpha value is -0.460. The molecule has 0 aromatic carbocycles. The SMILES string of the molecule is CCCCCCC1(CCCCCCCC[C@H]2OC(C)(C)OC/C2=C\CO)OCCO1. The van der Waals surface area contributed by atoms with Crippen LogP contribution < -0.4 is 0 Å². The van der Waals surface area contributed by atoms with Gasteiger partial charge in [0.15, 0.2) is 11.6 Å². The zero-order valence-corrected chi connectivity index (χ0v) is 19.8. The van der Waals surface area contributed by atoms with Gasteiger partial charge in [0.25, 0.3) is 0 Å². The van der Waals surface area contributed by atoms with E-state index >= 15 is 0 Å². The fourth-order valence-electron chi connectivity index (χ4n) is 4.52. The van der Waals surface area contributed by atoms with Crippen LogP contribution in [0.1, 0.15) is 104 Å². The largest absolute Gasteiger partial charge is 0.392 e. The first-order valence-corrected chi connectivity index (χ1v) is 12.4. The van der Waals surface area contributed by atoms with Gasteiger partial charge < -0.3 is 24.1 Å². The minimum absolute atomic E-state index is 0.0481. The Labute approximate surface area is 184 Å². The molecule has 2 saturated heterocycles. The molecule has 30 heavy (non-hydrogen) atoms. The molecule has 2 aliphatic heterocycles. The second-order valence-corrected chi connectivity index (χ2v) is 9.33. The van der Waals surface area contributed by atoms with Gasteiger partial charge in [0.05, 0.1) is 32.5 Å². The van der Waals surface area contributed by atoms with Crippen molar-refractivity contribution in [2.75, 3.05) is 26.4 Å². The summed E-state index contributed by atoms with van der Waals surface area (Å²) in [7, 11) is 0. The van der Waals surface area contributed by atoms with Crippen LogP contribution in [-0.4, -0.2) is 49.2 Å². The van der Waals surface area contributed by atoms with Crippen LogP contribution in [-0.2, 0) is 18.9 Å². The van der Waals surface area contributed by atoms with E-state index in [0.717, 1.165) is 44.5 Å². The Balaban J connectivity index is 1.56. The quantitative estimate of drug-likeness (QED) is 0.261. The summed E-state index contributed by atoms with van der Waals surface area (Å²) >= 11 is 0. The van der Waals surface area contributed by atoms with Gasteiger partial charge in [-0.25, -0.2) is 0 Å². The van der Waals surface area contributed by atoms with Gasteiger partial charge in [0.1, 0.15) is 0 Å². The zero-order valence-electron chi connectivity index (χ0n) is 19.8. The molecule has 5 nitrogen and oxygen atoms in total. The van der Waals surface area contributed by atoms with Crippen LogP contribution in [0.15, 0.2) is 11.6 Å². The fraction of sp³-hybridized carbons (Fsp3) is 0.920. The maximum Gasteiger partial charge on any atom is 0.168 e. The van der Waals surface area contributed by atoms with Crippen molar-refractivity contribution >= 4 is 0 Å². The van der Waals surface area contributed by atoms with Crippen LogP contribution in [0.4, 0.5) is 0 Å². The van der Waals surface area contributed by atoms with Crippen LogP contribution >= 0.6 is 0 Å². The molecule has 2 fully saturated rings. The first-order chi connectivity index (χ1) is 14.5. The Bertz CT molecular complexity index is 482. The predicted molar refractivity (Wildman–Crippen MR) is 120 cm³/mol. The summed E-state index contributed by atoms with van der Waals surface area (Å²) in [4.78, 5) is 0. The average Bonchev–Trinajstić information content (AvgIpc) is 3.18. The number of aliphatic hydroxyl groups excluding tert-OH is 1. The Morgan fingerprint density at radius 3 is 2.10 bits per heavy atom. The highest BCUT2D eigenvalue weighted by Gasteiger charge is 2.35. The van der Waals surface area contributed by atoms with Crippen molar-refractivity contribution in [1.29, 1.82) is 0 Å². The molecule has 5 heteroatoms. The van der Waals surface area contributed by atoms with Crippen molar-refractivity contribution in [3.05, 3.63) is 11.6 Å².